The maximum Gasteiger partial charge on any atom is 0.147 e. The van der Waals surface area contributed by atoms with Crippen molar-refractivity contribution in [1.29, 1.82) is 0 Å². The molecule has 0 spiro atoms. The lowest BCUT2D eigenvalue weighted by molar-refractivity contribution is -0.325. The van der Waals surface area contributed by atoms with Gasteiger partial charge in [0.2, 0.25) is 0 Å². The average Bonchev–Trinajstić information content (AvgIpc) is 2.29. The normalized spacial score (nSPS) is 29.7. The van der Waals surface area contributed by atoms with Crippen LogP contribution in [0.3, 0.4) is 0 Å². The van der Waals surface area contributed by atoms with Crippen molar-refractivity contribution in [2.75, 3.05) is 6.61 Å². The average molecular weight is 256 g/mol. The van der Waals surface area contributed by atoms with Crippen molar-refractivity contribution in [3.63, 3.8) is 0 Å². The molecule has 0 amide bonds. The fourth-order valence-electron chi connectivity index (χ4n) is 2.63. The first kappa shape index (κ1) is 15.4. The molecule has 0 aliphatic heterocycles. The van der Waals surface area contributed by atoms with Crippen LogP contribution in [-0.2, 0) is 4.89 Å². The van der Waals surface area contributed by atoms with Gasteiger partial charge < -0.3 is 10.2 Å². The summed E-state index contributed by atoms with van der Waals surface area (Å²) < 4.78 is 0. The molecule has 18 heavy (non-hydrogen) atoms. The van der Waals surface area contributed by atoms with Crippen molar-refractivity contribution >= 4 is 0 Å². The molecule has 1 aliphatic carbocycles. The standard InChI is InChI=1S/C14H24O4/c1-11-5-4-8-13(2,3)14(11,18-17)9-6-12(16)7-10-15/h6,9,12,15-17H,1,4-5,7-8,10H2,2-3H3/b9-6+. The predicted octanol–water partition coefficient (Wildman–Crippen LogP) is 2.28. The summed E-state index contributed by atoms with van der Waals surface area (Å²) in [5.74, 6) is 0. The summed E-state index contributed by atoms with van der Waals surface area (Å²) in [6.07, 6.45) is 5.49. The highest BCUT2D eigenvalue weighted by Crippen LogP contribution is 2.49. The van der Waals surface area contributed by atoms with Gasteiger partial charge in [0.25, 0.3) is 0 Å². The van der Waals surface area contributed by atoms with Crippen LogP contribution in [0.4, 0.5) is 0 Å². The van der Waals surface area contributed by atoms with E-state index in [0.717, 1.165) is 24.8 Å². The number of rotatable bonds is 5. The van der Waals surface area contributed by atoms with Crippen molar-refractivity contribution in [3.05, 3.63) is 24.3 Å². The van der Waals surface area contributed by atoms with Gasteiger partial charge in [0.1, 0.15) is 5.60 Å². The SMILES string of the molecule is C=C1CCCC(C)(C)C1(/C=C/C(O)CCO)OO. The molecule has 3 N–H and O–H groups in total. The molecule has 0 aromatic rings. The minimum atomic E-state index is -0.957. The van der Waals surface area contributed by atoms with Crippen LogP contribution in [0.25, 0.3) is 0 Å². The van der Waals surface area contributed by atoms with Gasteiger partial charge in [0, 0.05) is 12.0 Å². The molecule has 0 heterocycles. The second-order valence-corrected chi connectivity index (χ2v) is 5.61. The Morgan fingerprint density at radius 1 is 1.50 bits per heavy atom. The maximum absolute atomic E-state index is 9.63. The summed E-state index contributed by atoms with van der Waals surface area (Å²) in [6.45, 7) is 7.93. The first-order valence-electron chi connectivity index (χ1n) is 6.39. The molecule has 104 valence electrons. The summed E-state index contributed by atoms with van der Waals surface area (Å²) in [4.78, 5) is 4.77. The molecule has 2 unspecified atom stereocenters. The summed E-state index contributed by atoms with van der Waals surface area (Å²) >= 11 is 0. The van der Waals surface area contributed by atoms with Crippen molar-refractivity contribution in [3.8, 4) is 0 Å². The zero-order valence-corrected chi connectivity index (χ0v) is 11.2. The van der Waals surface area contributed by atoms with Crippen LogP contribution < -0.4 is 0 Å². The van der Waals surface area contributed by atoms with Crippen molar-refractivity contribution in [2.45, 2.75) is 51.2 Å². The molecule has 1 aliphatic rings. The lowest BCUT2D eigenvalue weighted by atomic mass is 9.63. The quantitative estimate of drug-likeness (QED) is 0.401. The van der Waals surface area contributed by atoms with Gasteiger partial charge in [-0.1, -0.05) is 26.5 Å². The fraction of sp³-hybridized carbons (Fsp3) is 0.714. The van der Waals surface area contributed by atoms with Gasteiger partial charge in [-0.25, -0.2) is 4.89 Å². The molecule has 0 radical (unpaired) electrons. The van der Waals surface area contributed by atoms with Crippen molar-refractivity contribution in [1.82, 2.24) is 0 Å². The minimum absolute atomic E-state index is 0.0805. The highest BCUT2D eigenvalue weighted by Gasteiger charge is 2.49. The van der Waals surface area contributed by atoms with Crippen molar-refractivity contribution < 1.29 is 20.4 Å². The van der Waals surface area contributed by atoms with Gasteiger partial charge in [0.05, 0.1) is 6.10 Å². The van der Waals surface area contributed by atoms with E-state index in [0.29, 0.717) is 0 Å². The Morgan fingerprint density at radius 3 is 2.67 bits per heavy atom. The molecule has 4 heteroatoms. The van der Waals surface area contributed by atoms with E-state index < -0.39 is 11.7 Å². The Kier molecular flexibility index (Phi) is 5.10. The molecule has 0 saturated heterocycles. The first-order chi connectivity index (χ1) is 8.39. The smallest absolute Gasteiger partial charge is 0.147 e. The number of aliphatic hydroxyl groups excluding tert-OH is 2. The summed E-state index contributed by atoms with van der Waals surface area (Å²) in [5, 5.41) is 27.7. The van der Waals surface area contributed by atoms with Crippen LogP contribution in [0.1, 0.15) is 39.5 Å². The van der Waals surface area contributed by atoms with Crippen LogP contribution in [0.2, 0.25) is 0 Å². The topological polar surface area (TPSA) is 69.9 Å². The van der Waals surface area contributed by atoms with E-state index in [1.807, 2.05) is 13.8 Å². The van der Waals surface area contributed by atoms with E-state index >= 15 is 0 Å². The highest BCUT2D eigenvalue weighted by atomic mass is 17.1. The largest absolute Gasteiger partial charge is 0.396 e. The summed E-state index contributed by atoms with van der Waals surface area (Å²) in [5.41, 5.74) is -0.428. The number of aliphatic hydroxyl groups is 2. The third-order valence-electron chi connectivity index (χ3n) is 3.93. The second-order valence-electron chi connectivity index (χ2n) is 5.61. The molecule has 2 atom stereocenters. The molecule has 0 bridgehead atoms. The van der Waals surface area contributed by atoms with Crippen LogP contribution in [-0.4, -0.2) is 33.8 Å². The monoisotopic (exact) mass is 256 g/mol. The molecular formula is C14H24O4. The Hall–Kier alpha value is -0.680. The molecule has 1 saturated carbocycles. The zero-order valence-electron chi connectivity index (χ0n) is 11.2. The van der Waals surface area contributed by atoms with Crippen LogP contribution in [0.5, 0.6) is 0 Å². The van der Waals surface area contributed by atoms with E-state index in [1.54, 1.807) is 12.2 Å². The lowest BCUT2D eigenvalue weighted by Crippen LogP contribution is -2.49. The minimum Gasteiger partial charge on any atom is -0.396 e. The molecular weight excluding hydrogens is 232 g/mol. The second kappa shape index (κ2) is 5.97. The van der Waals surface area contributed by atoms with Gasteiger partial charge in [-0.2, -0.15) is 0 Å². The van der Waals surface area contributed by atoms with Gasteiger partial charge >= 0.3 is 0 Å². The third-order valence-corrected chi connectivity index (χ3v) is 3.93. The lowest BCUT2D eigenvalue weighted by Gasteiger charge is -2.47. The predicted molar refractivity (Wildman–Crippen MR) is 70.1 cm³/mol. The molecule has 1 fully saturated rings. The van der Waals surface area contributed by atoms with Gasteiger partial charge in [-0.3, -0.25) is 5.26 Å². The molecule has 4 nitrogen and oxygen atoms in total. The van der Waals surface area contributed by atoms with Gasteiger partial charge in [-0.15, -0.1) is 0 Å². The summed E-state index contributed by atoms with van der Waals surface area (Å²) in [7, 11) is 0. The Bertz CT molecular complexity index is 322. The Labute approximate surface area is 109 Å². The molecule has 0 aromatic carbocycles. The Morgan fingerprint density at radius 2 is 2.17 bits per heavy atom. The Balaban J connectivity index is 2.98. The number of hydrogen-bond donors (Lipinski definition) is 3. The van der Waals surface area contributed by atoms with Crippen LogP contribution >= 0.6 is 0 Å². The van der Waals surface area contributed by atoms with E-state index in [1.165, 1.54) is 0 Å². The van der Waals surface area contributed by atoms with Crippen LogP contribution in [0.15, 0.2) is 24.3 Å². The number of hydrogen-bond acceptors (Lipinski definition) is 4. The fourth-order valence-corrected chi connectivity index (χ4v) is 2.63. The van der Waals surface area contributed by atoms with Gasteiger partial charge in [0.15, 0.2) is 0 Å². The van der Waals surface area contributed by atoms with E-state index in [9.17, 15) is 10.4 Å². The highest BCUT2D eigenvalue weighted by molar-refractivity contribution is 5.30. The summed E-state index contributed by atoms with van der Waals surface area (Å²) in [6, 6.07) is 0. The van der Waals surface area contributed by atoms with E-state index in [2.05, 4.69) is 6.58 Å². The van der Waals surface area contributed by atoms with Gasteiger partial charge in [-0.05, 0) is 37.3 Å². The third kappa shape index (κ3) is 2.83. The molecule has 0 aromatic heterocycles. The molecule has 1 rings (SSSR count). The van der Waals surface area contributed by atoms with E-state index in [4.69, 9.17) is 9.99 Å². The zero-order chi connectivity index (χ0) is 13.8. The van der Waals surface area contributed by atoms with Crippen LogP contribution in [0, 0.1) is 5.41 Å². The first-order valence-corrected chi connectivity index (χ1v) is 6.39. The van der Waals surface area contributed by atoms with Crippen molar-refractivity contribution in [2.24, 2.45) is 5.41 Å². The maximum atomic E-state index is 9.63. The van der Waals surface area contributed by atoms with E-state index in [-0.39, 0.29) is 18.4 Å².